The van der Waals surface area contributed by atoms with Gasteiger partial charge in [0.25, 0.3) is 0 Å². The summed E-state index contributed by atoms with van der Waals surface area (Å²) in [6, 6.07) is 3.99. The molecule has 1 aromatic rings. The monoisotopic (exact) mass is 440 g/mol. The maximum Gasteiger partial charge on any atom is 0.511 e. The fourth-order valence-electron chi connectivity index (χ4n) is 2.98. The molecular formula is C17H27F3N4O2S2. The van der Waals surface area contributed by atoms with Gasteiger partial charge in [-0.1, -0.05) is 13.0 Å². The number of alkyl halides is 3. The van der Waals surface area contributed by atoms with E-state index in [0.29, 0.717) is 42.1 Å². The second-order valence-electron chi connectivity index (χ2n) is 6.88. The summed E-state index contributed by atoms with van der Waals surface area (Å²) in [6.45, 7) is 5.01. The smallest absolute Gasteiger partial charge is 0.357 e. The second kappa shape index (κ2) is 9.93. The van der Waals surface area contributed by atoms with Crippen molar-refractivity contribution >= 4 is 27.3 Å². The Hall–Kier alpha value is -1.33. The number of aliphatic imine (C=N–C) groups is 1. The standard InChI is InChI=1S/C17H27F3N4O2S2/c1-3-21-16(22-12-13(2)11-15-5-4-10-27-15)23-14-6-8-24(9-7-14)28(25,26)17(18,19)20/h4-5,10,13-14H,3,6-9,11-12H2,1-2H3,(H2,21,22,23). The Labute approximate surface area is 168 Å². The van der Waals surface area contributed by atoms with Crippen molar-refractivity contribution in [2.75, 3.05) is 26.2 Å². The Morgan fingerprint density at radius 1 is 1.39 bits per heavy atom. The van der Waals surface area contributed by atoms with Gasteiger partial charge < -0.3 is 10.6 Å². The van der Waals surface area contributed by atoms with Crippen LogP contribution < -0.4 is 10.6 Å². The lowest BCUT2D eigenvalue weighted by molar-refractivity contribution is -0.0494. The Bertz CT molecular complexity index is 728. The molecule has 1 aliphatic heterocycles. The second-order valence-corrected chi connectivity index (χ2v) is 9.84. The van der Waals surface area contributed by atoms with Crippen LogP contribution in [0.4, 0.5) is 13.2 Å². The van der Waals surface area contributed by atoms with Gasteiger partial charge in [0.05, 0.1) is 0 Å². The molecule has 2 N–H and O–H groups in total. The highest BCUT2D eigenvalue weighted by Crippen LogP contribution is 2.28. The quantitative estimate of drug-likeness (QED) is 0.505. The van der Waals surface area contributed by atoms with Gasteiger partial charge in [-0.25, -0.2) is 8.42 Å². The van der Waals surface area contributed by atoms with Crippen LogP contribution in [0.1, 0.15) is 31.6 Å². The number of hydrogen-bond donors (Lipinski definition) is 2. The largest absolute Gasteiger partial charge is 0.511 e. The van der Waals surface area contributed by atoms with Crippen molar-refractivity contribution in [2.24, 2.45) is 10.9 Å². The van der Waals surface area contributed by atoms with Gasteiger partial charge in [-0.15, -0.1) is 11.3 Å². The van der Waals surface area contributed by atoms with E-state index in [4.69, 9.17) is 0 Å². The molecule has 0 saturated carbocycles. The van der Waals surface area contributed by atoms with Crippen molar-refractivity contribution in [3.8, 4) is 0 Å². The van der Waals surface area contributed by atoms with E-state index in [2.05, 4.69) is 28.6 Å². The van der Waals surface area contributed by atoms with Crippen molar-refractivity contribution in [1.29, 1.82) is 0 Å². The topological polar surface area (TPSA) is 73.8 Å². The Morgan fingerprint density at radius 3 is 2.61 bits per heavy atom. The van der Waals surface area contributed by atoms with Crippen LogP contribution in [-0.2, 0) is 16.4 Å². The van der Waals surface area contributed by atoms with Crippen LogP contribution in [-0.4, -0.2) is 56.4 Å². The number of thiophene rings is 1. The molecule has 0 spiro atoms. The van der Waals surface area contributed by atoms with Crippen LogP contribution >= 0.6 is 11.3 Å². The molecule has 160 valence electrons. The molecule has 0 radical (unpaired) electrons. The molecule has 2 rings (SSSR count). The first-order chi connectivity index (χ1) is 13.1. The zero-order chi connectivity index (χ0) is 20.8. The number of sulfonamides is 1. The first kappa shape index (κ1) is 23.0. The van der Waals surface area contributed by atoms with E-state index >= 15 is 0 Å². The Balaban J connectivity index is 1.87. The Kier molecular flexibility index (Phi) is 8.14. The number of rotatable bonds is 7. The lowest BCUT2D eigenvalue weighted by Gasteiger charge is -2.32. The van der Waals surface area contributed by atoms with Crippen LogP contribution in [0.15, 0.2) is 22.5 Å². The third kappa shape index (κ3) is 6.35. The van der Waals surface area contributed by atoms with Crippen molar-refractivity contribution in [3.63, 3.8) is 0 Å². The predicted molar refractivity (Wildman–Crippen MR) is 106 cm³/mol. The van der Waals surface area contributed by atoms with E-state index in [1.165, 1.54) is 4.88 Å². The van der Waals surface area contributed by atoms with Crippen LogP contribution in [0.3, 0.4) is 0 Å². The maximum atomic E-state index is 12.7. The number of nitrogens with zero attached hydrogens (tertiary/aromatic N) is 2. The highest BCUT2D eigenvalue weighted by molar-refractivity contribution is 7.90. The number of piperidine rings is 1. The number of hydrogen-bond acceptors (Lipinski definition) is 4. The van der Waals surface area contributed by atoms with E-state index in [9.17, 15) is 21.6 Å². The van der Waals surface area contributed by atoms with E-state index in [1.54, 1.807) is 11.3 Å². The summed E-state index contributed by atoms with van der Waals surface area (Å²) in [5.74, 6) is 0.963. The zero-order valence-electron chi connectivity index (χ0n) is 16.0. The van der Waals surface area contributed by atoms with Crippen molar-refractivity contribution < 1.29 is 21.6 Å². The molecule has 2 heterocycles. The average Bonchev–Trinajstić information content (AvgIpc) is 3.12. The van der Waals surface area contributed by atoms with Crippen molar-refractivity contribution in [1.82, 2.24) is 14.9 Å². The molecule has 1 atom stereocenters. The van der Waals surface area contributed by atoms with Gasteiger partial charge in [-0.2, -0.15) is 17.5 Å². The minimum Gasteiger partial charge on any atom is -0.357 e. The summed E-state index contributed by atoms with van der Waals surface area (Å²) in [6.07, 6.45) is 1.53. The van der Waals surface area contributed by atoms with Gasteiger partial charge in [-0.05, 0) is 43.6 Å². The lowest BCUT2D eigenvalue weighted by atomic mass is 10.1. The molecule has 1 aliphatic rings. The third-order valence-corrected chi connectivity index (χ3v) is 6.99. The fraction of sp³-hybridized carbons (Fsp3) is 0.706. The fourth-order valence-corrected chi connectivity index (χ4v) is 4.84. The van der Waals surface area contributed by atoms with Gasteiger partial charge in [0, 0.05) is 37.1 Å². The first-order valence-electron chi connectivity index (χ1n) is 9.27. The minimum absolute atomic E-state index is 0.120. The summed E-state index contributed by atoms with van der Waals surface area (Å²) >= 11 is 1.71. The van der Waals surface area contributed by atoms with Gasteiger partial charge in [0.15, 0.2) is 5.96 Å². The normalized spacial score (nSPS) is 18.8. The molecule has 28 heavy (non-hydrogen) atoms. The molecule has 0 bridgehead atoms. The summed E-state index contributed by atoms with van der Waals surface area (Å²) in [5.41, 5.74) is -5.25. The summed E-state index contributed by atoms with van der Waals surface area (Å²) in [7, 11) is -5.25. The molecule has 0 amide bonds. The molecule has 6 nitrogen and oxygen atoms in total. The minimum atomic E-state index is -5.25. The summed E-state index contributed by atoms with van der Waals surface area (Å²) < 4.78 is 61.5. The summed E-state index contributed by atoms with van der Waals surface area (Å²) in [4.78, 5) is 5.89. The number of halogens is 3. The molecule has 1 saturated heterocycles. The SMILES string of the molecule is CCNC(=NCC(C)Cc1cccs1)NC1CCN(S(=O)(=O)C(F)(F)F)CC1. The lowest BCUT2D eigenvalue weighted by Crippen LogP contribution is -2.51. The van der Waals surface area contributed by atoms with Gasteiger partial charge >= 0.3 is 15.5 Å². The van der Waals surface area contributed by atoms with Crippen LogP contribution in [0.5, 0.6) is 0 Å². The zero-order valence-corrected chi connectivity index (χ0v) is 17.6. The van der Waals surface area contributed by atoms with E-state index < -0.39 is 15.5 Å². The molecule has 0 aliphatic carbocycles. The maximum absolute atomic E-state index is 12.7. The molecule has 1 unspecified atom stereocenters. The van der Waals surface area contributed by atoms with Crippen LogP contribution in [0.25, 0.3) is 0 Å². The van der Waals surface area contributed by atoms with E-state index in [0.717, 1.165) is 6.42 Å². The molecule has 0 aromatic carbocycles. The van der Waals surface area contributed by atoms with Gasteiger partial charge in [-0.3, -0.25) is 4.99 Å². The van der Waals surface area contributed by atoms with Gasteiger partial charge in [0.2, 0.25) is 0 Å². The molecule has 1 aromatic heterocycles. The highest BCUT2D eigenvalue weighted by Gasteiger charge is 2.50. The highest BCUT2D eigenvalue weighted by atomic mass is 32.2. The Morgan fingerprint density at radius 2 is 2.07 bits per heavy atom. The van der Waals surface area contributed by atoms with E-state index in [-0.39, 0.29) is 19.1 Å². The van der Waals surface area contributed by atoms with Crippen LogP contribution in [0, 0.1) is 5.92 Å². The molecule has 11 heteroatoms. The first-order valence-corrected chi connectivity index (χ1v) is 11.6. The third-order valence-electron chi connectivity index (χ3n) is 4.46. The average molecular weight is 441 g/mol. The van der Waals surface area contributed by atoms with Crippen molar-refractivity contribution in [3.05, 3.63) is 22.4 Å². The van der Waals surface area contributed by atoms with E-state index in [1.807, 2.05) is 18.4 Å². The van der Waals surface area contributed by atoms with Gasteiger partial charge in [0.1, 0.15) is 0 Å². The molecular weight excluding hydrogens is 413 g/mol. The van der Waals surface area contributed by atoms with Crippen LogP contribution in [0.2, 0.25) is 0 Å². The molecule has 1 fully saturated rings. The van der Waals surface area contributed by atoms with Crippen molar-refractivity contribution in [2.45, 2.75) is 44.7 Å². The number of guanidine groups is 1. The predicted octanol–water partition coefficient (Wildman–Crippen LogP) is 2.80. The summed E-state index contributed by atoms with van der Waals surface area (Å²) in [5, 5.41) is 8.40. The number of nitrogens with one attached hydrogen (secondary N) is 2.